The Labute approximate surface area is 219 Å². The summed E-state index contributed by atoms with van der Waals surface area (Å²) in [6, 6.07) is 27.9. The first kappa shape index (κ1) is 22.4. The molecule has 4 N–H and O–H groups in total. The lowest BCUT2D eigenvalue weighted by molar-refractivity contribution is 0.372. The summed E-state index contributed by atoms with van der Waals surface area (Å²) in [6.07, 6.45) is 0. The fraction of sp³-hybridized carbons (Fsp3) is 0.125. The second-order valence-electron chi connectivity index (χ2n) is 9.72. The Morgan fingerprint density at radius 1 is 0.579 bits per heavy atom. The van der Waals surface area contributed by atoms with Crippen molar-refractivity contribution in [1.82, 2.24) is 9.97 Å². The van der Waals surface area contributed by atoms with E-state index in [1.165, 1.54) is 11.1 Å². The number of aromatic hydroxyl groups is 2. The van der Waals surface area contributed by atoms with Crippen LogP contribution in [0.1, 0.15) is 45.5 Å². The van der Waals surface area contributed by atoms with Gasteiger partial charge in [0.05, 0.1) is 26.1 Å². The third kappa shape index (κ3) is 3.13. The molecule has 0 bridgehead atoms. The first-order valence-electron chi connectivity index (χ1n) is 12.5. The van der Waals surface area contributed by atoms with Crippen LogP contribution in [-0.4, -0.2) is 34.4 Å². The molecule has 0 radical (unpaired) electrons. The van der Waals surface area contributed by atoms with Gasteiger partial charge in [-0.3, -0.25) is 0 Å². The van der Waals surface area contributed by atoms with Crippen LogP contribution in [0.2, 0.25) is 0 Å². The molecule has 6 aromatic rings. The van der Waals surface area contributed by atoms with E-state index in [1.54, 1.807) is 26.4 Å². The van der Waals surface area contributed by atoms with Gasteiger partial charge in [0.1, 0.15) is 0 Å². The molecule has 2 unspecified atom stereocenters. The number of phenolic OH excluding ortho intramolecular Hbond substituents is 2. The van der Waals surface area contributed by atoms with Crippen molar-refractivity contribution >= 4 is 21.8 Å². The van der Waals surface area contributed by atoms with Gasteiger partial charge in [0, 0.05) is 33.2 Å². The number of para-hydroxylation sites is 2. The van der Waals surface area contributed by atoms with Gasteiger partial charge in [0.25, 0.3) is 0 Å². The molecule has 1 aliphatic carbocycles. The average molecular weight is 503 g/mol. The molecule has 6 nitrogen and oxygen atoms in total. The summed E-state index contributed by atoms with van der Waals surface area (Å²) in [5, 5.41) is 23.0. The Hall–Kier alpha value is -4.84. The molecular formula is C32H26N2O4. The molecule has 0 saturated carbocycles. The maximum absolute atomic E-state index is 10.4. The van der Waals surface area contributed by atoms with Crippen molar-refractivity contribution in [3.63, 3.8) is 0 Å². The van der Waals surface area contributed by atoms with E-state index in [4.69, 9.17) is 9.47 Å². The largest absolute Gasteiger partial charge is 0.504 e. The Bertz CT molecular complexity index is 1710. The standard InChI is InChI=1S/C32H26N2O4/c1-37-25-15-17(11-13-23(25)35)27-29-19-7-3-5-9-21(19)34-32(29)28(18-12-14-24(36)26(16-18)38-2)30-20-8-4-6-10-22(20)33-31(27)30/h3-16,27-28,33-36H,1-2H3. The van der Waals surface area contributed by atoms with Crippen LogP contribution in [-0.2, 0) is 0 Å². The van der Waals surface area contributed by atoms with E-state index >= 15 is 0 Å². The minimum Gasteiger partial charge on any atom is -0.504 e. The van der Waals surface area contributed by atoms with Crippen LogP contribution in [0.5, 0.6) is 23.0 Å². The van der Waals surface area contributed by atoms with Crippen molar-refractivity contribution in [3.8, 4) is 23.0 Å². The third-order valence-electron chi connectivity index (χ3n) is 7.78. The van der Waals surface area contributed by atoms with Gasteiger partial charge >= 0.3 is 0 Å². The SMILES string of the molecule is COc1cc(C2c3[nH]c4ccccc4c3C(c3ccc(O)c(OC)c3)c3[nH]c4ccccc4c32)ccc1O. The van der Waals surface area contributed by atoms with Gasteiger partial charge in [0.15, 0.2) is 23.0 Å². The number of H-pyrrole nitrogens is 2. The van der Waals surface area contributed by atoms with E-state index in [2.05, 4.69) is 46.4 Å². The number of methoxy groups -OCH3 is 2. The fourth-order valence-electron chi connectivity index (χ4n) is 6.15. The molecule has 6 heteroatoms. The average Bonchev–Trinajstić information content (AvgIpc) is 3.51. The highest BCUT2D eigenvalue weighted by Crippen LogP contribution is 2.54. The van der Waals surface area contributed by atoms with E-state index in [9.17, 15) is 10.2 Å². The van der Waals surface area contributed by atoms with Crippen molar-refractivity contribution in [2.45, 2.75) is 11.8 Å². The van der Waals surface area contributed by atoms with Crippen LogP contribution in [0.15, 0.2) is 84.9 Å². The van der Waals surface area contributed by atoms with E-state index in [-0.39, 0.29) is 23.3 Å². The summed E-state index contributed by atoms with van der Waals surface area (Å²) < 4.78 is 11.0. The maximum atomic E-state index is 10.4. The number of ether oxygens (including phenoxy) is 2. The molecule has 0 fully saturated rings. The lowest BCUT2D eigenvalue weighted by Crippen LogP contribution is -2.19. The zero-order valence-electron chi connectivity index (χ0n) is 20.9. The third-order valence-corrected chi connectivity index (χ3v) is 7.78. The van der Waals surface area contributed by atoms with Crippen molar-refractivity contribution in [3.05, 3.63) is 119 Å². The van der Waals surface area contributed by atoms with Crippen LogP contribution in [0.4, 0.5) is 0 Å². The number of fused-ring (bicyclic) bond motifs is 6. The summed E-state index contributed by atoms with van der Waals surface area (Å²) in [5.74, 6) is 0.829. The molecule has 188 valence electrons. The van der Waals surface area contributed by atoms with Crippen LogP contribution in [0.3, 0.4) is 0 Å². The Morgan fingerprint density at radius 2 is 1.00 bits per heavy atom. The van der Waals surface area contributed by atoms with E-state index in [0.717, 1.165) is 44.3 Å². The van der Waals surface area contributed by atoms with Gasteiger partial charge in [-0.25, -0.2) is 0 Å². The van der Waals surface area contributed by atoms with Crippen LogP contribution < -0.4 is 9.47 Å². The van der Waals surface area contributed by atoms with Crippen molar-refractivity contribution in [2.75, 3.05) is 14.2 Å². The highest BCUT2D eigenvalue weighted by atomic mass is 16.5. The zero-order chi connectivity index (χ0) is 26.0. The smallest absolute Gasteiger partial charge is 0.160 e. The molecule has 2 heterocycles. The number of benzene rings is 4. The van der Waals surface area contributed by atoms with Crippen molar-refractivity contribution < 1.29 is 19.7 Å². The predicted molar refractivity (Wildman–Crippen MR) is 148 cm³/mol. The first-order chi connectivity index (χ1) is 18.6. The number of hydrogen-bond acceptors (Lipinski definition) is 4. The molecule has 0 spiro atoms. The van der Waals surface area contributed by atoms with E-state index in [0.29, 0.717) is 11.5 Å². The zero-order valence-corrected chi connectivity index (χ0v) is 20.9. The Balaban J connectivity index is 1.60. The Morgan fingerprint density at radius 3 is 1.42 bits per heavy atom. The highest BCUT2D eigenvalue weighted by molar-refractivity contribution is 5.93. The van der Waals surface area contributed by atoms with Gasteiger partial charge in [-0.1, -0.05) is 48.5 Å². The summed E-state index contributed by atoms with van der Waals surface area (Å²) in [6.45, 7) is 0. The van der Waals surface area contributed by atoms with Crippen LogP contribution >= 0.6 is 0 Å². The molecule has 0 amide bonds. The number of rotatable bonds is 4. The normalized spacial score (nSPS) is 16.4. The lowest BCUT2D eigenvalue weighted by atomic mass is 9.72. The Kier molecular flexibility index (Phi) is 4.91. The van der Waals surface area contributed by atoms with Crippen molar-refractivity contribution in [2.24, 2.45) is 0 Å². The van der Waals surface area contributed by atoms with Crippen LogP contribution in [0.25, 0.3) is 21.8 Å². The maximum Gasteiger partial charge on any atom is 0.160 e. The van der Waals surface area contributed by atoms with E-state index < -0.39 is 0 Å². The molecule has 38 heavy (non-hydrogen) atoms. The number of phenols is 2. The van der Waals surface area contributed by atoms with Gasteiger partial charge in [-0.05, 0) is 58.7 Å². The molecule has 0 aliphatic heterocycles. The fourth-order valence-corrected chi connectivity index (χ4v) is 6.15. The summed E-state index contributed by atoms with van der Waals surface area (Å²) in [5.41, 5.74) is 8.66. The molecular weight excluding hydrogens is 476 g/mol. The minimum absolute atomic E-state index is 0.108. The lowest BCUT2D eigenvalue weighted by Gasteiger charge is -2.31. The summed E-state index contributed by atoms with van der Waals surface area (Å²) in [4.78, 5) is 7.51. The highest BCUT2D eigenvalue weighted by Gasteiger charge is 2.40. The minimum atomic E-state index is -0.131. The molecule has 4 aromatic carbocycles. The molecule has 0 saturated heterocycles. The number of aromatic nitrogens is 2. The topological polar surface area (TPSA) is 90.5 Å². The predicted octanol–water partition coefficient (Wildman–Crippen LogP) is 6.75. The monoisotopic (exact) mass is 502 g/mol. The second-order valence-corrected chi connectivity index (χ2v) is 9.72. The number of nitrogens with one attached hydrogen (secondary N) is 2. The molecule has 2 aromatic heterocycles. The molecule has 2 atom stereocenters. The van der Waals surface area contributed by atoms with Gasteiger partial charge in [0.2, 0.25) is 0 Å². The van der Waals surface area contributed by atoms with Gasteiger partial charge in [-0.2, -0.15) is 0 Å². The summed E-state index contributed by atoms with van der Waals surface area (Å²) in [7, 11) is 3.14. The number of aromatic amines is 2. The van der Waals surface area contributed by atoms with Crippen LogP contribution in [0, 0.1) is 0 Å². The van der Waals surface area contributed by atoms with Gasteiger partial charge < -0.3 is 29.7 Å². The van der Waals surface area contributed by atoms with Gasteiger partial charge in [-0.15, -0.1) is 0 Å². The van der Waals surface area contributed by atoms with Crippen molar-refractivity contribution in [1.29, 1.82) is 0 Å². The number of hydrogen-bond donors (Lipinski definition) is 4. The van der Waals surface area contributed by atoms with E-state index in [1.807, 2.05) is 36.4 Å². The first-order valence-corrected chi connectivity index (χ1v) is 12.5. The summed E-state index contributed by atoms with van der Waals surface area (Å²) >= 11 is 0. The molecule has 7 rings (SSSR count). The quantitative estimate of drug-likeness (QED) is 0.214. The molecule has 1 aliphatic rings. The second kappa shape index (κ2) is 8.35.